The van der Waals surface area contributed by atoms with E-state index in [1.54, 1.807) is 12.1 Å². The number of aryl methyl sites for hydroxylation is 1. The highest BCUT2D eigenvalue weighted by atomic mass is 35.5. The van der Waals surface area contributed by atoms with Crippen molar-refractivity contribution in [3.05, 3.63) is 53.2 Å². The molecule has 1 heterocycles. The molecule has 2 aromatic rings. The Balaban J connectivity index is 2.22. The van der Waals surface area contributed by atoms with Crippen LogP contribution in [0.3, 0.4) is 0 Å². The average molecular weight is 220 g/mol. The van der Waals surface area contributed by atoms with Gasteiger partial charge in [-0.25, -0.2) is 4.98 Å². The minimum absolute atomic E-state index is 0.581. The van der Waals surface area contributed by atoms with Crippen LogP contribution in [-0.4, -0.2) is 4.98 Å². The van der Waals surface area contributed by atoms with Gasteiger partial charge in [0.25, 0.3) is 0 Å². The van der Waals surface area contributed by atoms with Crippen molar-refractivity contribution < 1.29 is 4.74 Å². The SMILES string of the molecule is Cc1cccc(Oc2cccc(Cl)c2)n1. The molecule has 0 saturated carbocycles. The molecule has 0 aliphatic heterocycles. The molecule has 1 aromatic heterocycles. The van der Waals surface area contributed by atoms with Gasteiger partial charge in [-0.05, 0) is 31.2 Å². The van der Waals surface area contributed by atoms with Crippen molar-refractivity contribution in [3.8, 4) is 11.6 Å². The van der Waals surface area contributed by atoms with Crippen LogP contribution in [0.15, 0.2) is 42.5 Å². The first kappa shape index (κ1) is 9.99. The number of nitrogens with zero attached hydrogens (tertiary/aromatic N) is 1. The molecule has 3 heteroatoms. The molecule has 0 saturated heterocycles. The minimum Gasteiger partial charge on any atom is -0.439 e. The summed E-state index contributed by atoms with van der Waals surface area (Å²) in [6, 6.07) is 12.9. The lowest BCUT2D eigenvalue weighted by Crippen LogP contribution is -1.88. The van der Waals surface area contributed by atoms with Gasteiger partial charge in [0.2, 0.25) is 5.88 Å². The van der Waals surface area contributed by atoms with Crippen molar-refractivity contribution in [2.24, 2.45) is 0 Å². The van der Waals surface area contributed by atoms with E-state index in [-0.39, 0.29) is 0 Å². The molecule has 0 fully saturated rings. The van der Waals surface area contributed by atoms with Crippen molar-refractivity contribution in [3.63, 3.8) is 0 Å². The number of hydrogen-bond acceptors (Lipinski definition) is 2. The Labute approximate surface area is 93.5 Å². The van der Waals surface area contributed by atoms with Gasteiger partial charge in [-0.1, -0.05) is 23.7 Å². The normalized spacial score (nSPS) is 10.0. The Kier molecular flexibility index (Phi) is 2.88. The van der Waals surface area contributed by atoms with E-state index in [4.69, 9.17) is 16.3 Å². The first-order chi connectivity index (χ1) is 7.24. The van der Waals surface area contributed by atoms with Crippen LogP contribution in [0, 0.1) is 6.92 Å². The van der Waals surface area contributed by atoms with Gasteiger partial charge in [-0.3, -0.25) is 0 Å². The Morgan fingerprint density at radius 2 is 1.93 bits per heavy atom. The fourth-order valence-corrected chi connectivity index (χ4v) is 1.41. The van der Waals surface area contributed by atoms with Crippen LogP contribution in [0.2, 0.25) is 5.02 Å². The predicted octanol–water partition coefficient (Wildman–Crippen LogP) is 3.84. The quantitative estimate of drug-likeness (QED) is 0.766. The van der Waals surface area contributed by atoms with Gasteiger partial charge in [0.15, 0.2) is 0 Å². The third-order valence-electron chi connectivity index (χ3n) is 1.88. The number of halogens is 1. The largest absolute Gasteiger partial charge is 0.439 e. The summed E-state index contributed by atoms with van der Waals surface area (Å²) in [5.74, 6) is 1.28. The number of benzene rings is 1. The zero-order valence-electron chi connectivity index (χ0n) is 8.27. The number of hydrogen-bond donors (Lipinski definition) is 0. The monoisotopic (exact) mass is 219 g/mol. The smallest absolute Gasteiger partial charge is 0.219 e. The standard InChI is InChI=1S/C12H10ClNO/c1-9-4-2-7-12(14-9)15-11-6-3-5-10(13)8-11/h2-8H,1H3. The molecule has 1 aromatic carbocycles. The van der Waals surface area contributed by atoms with Crippen LogP contribution in [0.4, 0.5) is 0 Å². The van der Waals surface area contributed by atoms with Gasteiger partial charge in [-0.2, -0.15) is 0 Å². The fraction of sp³-hybridized carbons (Fsp3) is 0.0833. The topological polar surface area (TPSA) is 22.1 Å². The molecule has 0 N–H and O–H groups in total. The summed E-state index contributed by atoms with van der Waals surface area (Å²) in [6.45, 7) is 1.92. The van der Waals surface area contributed by atoms with Gasteiger partial charge in [0, 0.05) is 16.8 Å². The highest BCUT2D eigenvalue weighted by molar-refractivity contribution is 6.30. The summed E-state index contributed by atoms with van der Waals surface area (Å²) in [4.78, 5) is 4.23. The highest BCUT2D eigenvalue weighted by Crippen LogP contribution is 2.22. The Morgan fingerprint density at radius 3 is 2.67 bits per heavy atom. The number of aromatic nitrogens is 1. The third-order valence-corrected chi connectivity index (χ3v) is 2.12. The molecule has 2 nitrogen and oxygen atoms in total. The summed E-state index contributed by atoms with van der Waals surface area (Å²) >= 11 is 5.84. The van der Waals surface area contributed by atoms with Crippen molar-refractivity contribution in [2.75, 3.05) is 0 Å². The second-order valence-corrected chi connectivity index (χ2v) is 3.61. The highest BCUT2D eigenvalue weighted by Gasteiger charge is 1.98. The van der Waals surface area contributed by atoms with Crippen LogP contribution in [0.25, 0.3) is 0 Å². The van der Waals surface area contributed by atoms with E-state index in [1.165, 1.54) is 0 Å². The maximum Gasteiger partial charge on any atom is 0.219 e. The molecule has 0 spiro atoms. The summed E-state index contributed by atoms with van der Waals surface area (Å²) in [5, 5.41) is 0.653. The Morgan fingerprint density at radius 1 is 1.13 bits per heavy atom. The van der Waals surface area contributed by atoms with E-state index in [2.05, 4.69) is 4.98 Å². The summed E-state index contributed by atoms with van der Waals surface area (Å²) < 4.78 is 5.54. The molecular weight excluding hydrogens is 210 g/mol. The molecule has 0 radical (unpaired) electrons. The van der Waals surface area contributed by atoms with Crippen LogP contribution in [0.1, 0.15) is 5.69 Å². The van der Waals surface area contributed by atoms with Crippen LogP contribution < -0.4 is 4.74 Å². The molecule has 0 unspecified atom stereocenters. The van der Waals surface area contributed by atoms with E-state index in [9.17, 15) is 0 Å². The van der Waals surface area contributed by atoms with Gasteiger partial charge in [-0.15, -0.1) is 0 Å². The molecule has 0 aliphatic rings. The first-order valence-corrected chi connectivity index (χ1v) is 4.99. The number of ether oxygens (including phenoxy) is 1. The molecule has 2 rings (SSSR count). The van der Waals surface area contributed by atoms with Gasteiger partial charge in [0.1, 0.15) is 5.75 Å². The molecular formula is C12H10ClNO. The molecule has 76 valence electrons. The second-order valence-electron chi connectivity index (χ2n) is 3.18. The molecule has 0 bridgehead atoms. The molecule has 0 atom stereocenters. The third kappa shape index (κ3) is 2.70. The van der Waals surface area contributed by atoms with Gasteiger partial charge >= 0.3 is 0 Å². The predicted molar refractivity (Wildman–Crippen MR) is 60.5 cm³/mol. The van der Waals surface area contributed by atoms with E-state index in [0.29, 0.717) is 16.7 Å². The fourth-order valence-electron chi connectivity index (χ4n) is 1.23. The molecule has 15 heavy (non-hydrogen) atoms. The summed E-state index contributed by atoms with van der Waals surface area (Å²) in [7, 11) is 0. The maximum atomic E-state index is 5.84. The van der Waals surface area contributed by atoms with E-state index in [1.807, 2.05) is 37.3 Å². The summed E-state index contributed by atoms with van der Waals surface area (Å²) in [5.41, 5.74) is 0.925. The van der Waals surface area contributed by atoms with Crippen LogP contribution in [0.5, 0.6) is 11.6 Å². The second kappa shape index (κ2) is 4.32. The van der Waals surface area contributed by atoms with E-state index in [0.717, 1.165) is 5.69 Å². The van der Waals surface area contributed by atoms with Crippen molar-refractivity contribution in [2.45, 2.75) is 6.92 Å². The van der Waals surface area contributed by atoms with Crippen LogP contribution >= 0.6 is 11.6 Å². The Hall–Kier alpha value is -1.54. The number of rotatable bonds is 2. The zero-order valence-corrected chi connectivity index (χ0v) is 9.03. The maximum absolute atomic E-state index is 5.84. The first-order valence-electron chi connectivity index (χ1n) is 4.61. The van der Waals surface area contributed by atoms with Crippen LogP contribution in [-0.2, 0) is 0 Å². The lowest BCUT2D eigenvalue weighted by atomic mass is 10.3. The minimum atomic E-state index is 0.581. The Bertz CT molecular complexity index is 427. The number of pyridine rings is 1. The molecule has 0 amide bonds. The van der Waals surface area contributed by atoms with E-state index < -0.39 is 0 Å². The van der Waals surface area contributed by atoms with Crippen molar-refractivity contribution in [1.29, 1.82) is 0 Å². The zero-order chi connectivity index (χ0) is 10.7. The lowest BCUT2D eigenvalue weighted by Gasteiger charge is -2.04. The van der Waals surface area contributed by atoms with Gasteiger partial charge < -0.3 is 4.74 Å². The van der Waals surface area contributed by atoms with Crippen molar-refractivity contribution in [1.82, 2.24) is 4.98 Å². The lowest BCUT2D eigenvalue weighted by molar-refractivity contribution is 0.462. The summed E-state index contributed by atoms with van der Waals surface area (Å²) in [6.07, 6.45) is 0. The van der Waals surface area contributed by atoms with Gasteiger partial charge in [0.05, 0.1) is 0 Å². The van der Waals surface area contributed by atoms with Crippen molar-refractivity contribution >= 4 is 11.6 Å². The molecule has 0 aliphatic carbocycles. The average Bonchev–Trinajstić information content (AvgIpc) is 2.17. The van der Waals surface area contributed by atoms with E-state index >= 15 is 0 Å².